The molecule has 0 aliphatic heterocycles. The third-order valence-corrected chi connectivity index (χ3v) is 2.64. The number of rotatable bonds is 4. The molecule has 0 radical (unpaired) electrons. The molecule has 18 heavy (non-hydrogen) atoms. The molecule has 0 saturated heterocycles. The Morgan fingerprint density at radius 3 is 2.72 bits per heavy atom. The van der Waals surface area contributed by atoms with Gasteiger partial charge in [0.15, 0.2) is 0 Å². The van der Waals surface area contributed by atoms with Gasteiger partial charge in [-0.1, -0.05) is 12.1 Å². The third kappa shape index (κ3) is 2.52. The van der Waals surface area contributed by atoms with Gasteiger partial charge in [0, 0.05) is 0 Å². The van der Waals surface area contributed by atoms with Crippen molar-refractivity contribution >= 4 is 11.6 Å². The molecule has 1 atom stereocenters. The van der Waals surface area contributed by atoms with Crippen LogP contribution in [0.1, 0.15) is 29.1 Å². The minimum absolute atomic E-state index is 0.196. The Labute approximate surface area is 105 Å². The predicted octanol–water partition coefficient (Wildman–Crippen LogP) is 2.06. The number of anilines is 1. The van der Waals surface area contributed by atoms with Crippen molar-refractivity contribution in [3.8, 4) is 0 Å². The molecule has 4 N–H and O–H groups in total. The number of nitrogens with two attached hydrogens (primary N) is 1. The van der Waals surface area contributed by atoms with Gasteiger partial charge in [-0.15, -0.1) is 0 Å². The van der Waals surface area contributed by atoms with Crippen molar-refractivity contribution in [2.45, 2.75) is 13.0 Å². The van der Waals surface area contributed by atoms with Gasteiger partial charge >= 0.3 is 0 Å². The first kappa shape index (κ1) is 12.2. The summed E-state index contributed by atoms with van der Waals surface area (Å²) in [5, 5.41) is 2.85. The number of furan rings is 1. The van der Waals surface area contributed by atoms with Gasteiger partial charge in [-0.25, -0.2) is 0 Å². The number of nitrogens with one attached hydrogen (secondary N) is 2. The summed E-state index contributed by atoms with van der Waals surface area (Å²) in [6.45, 7) is 1.86. The molecule has 2 aromatic rings. The summed E-state index contributed by atoms with van der Waals surface area (Å²) in [5.41, 5.74) is 3.58. The molecular weight excluding hydrogens is 230 g/mol. The number of amides is 1. The summed E-state index contributed by atoms with van der Waals surface area (Å²) in [6, 6.07) is 10.4. The Balaban J connectivity index is 2.12. The normalized spacial score (nSPS) is 11.9. The molecule has 5 heteroatoms. The highest BCUT2D eigenvalue weighted by atomic mass is 16.3. The molecule has 2 rings (SSSR count). The van der Waals surface area contributed by atoms with Crippen LogP contribution in [0.2, 0.25) is 0 Å². The molecule has 1 heterocycles. The van der Waals surface area contributed by atoms with E-state index >= 15 is 0 Å². The minimum atomic E-state index is -0.201. The van der Waals surface area contributed by atoms with Gasteiger partial charge < -0.3 is 15.2 Å². The maximum absolute atomic E-state index is 12.1. The average Bonchev–Trinajstić information content (AvgIpc) is 2.92. The van der Waals surface area contributed by atoms with E-state index in [2.05, 4.69) is 10.7 Å². The average molecular weight is 245 g/mol. The lowest BCUT2D eigenvalue weighted by molar-refractivity contribution is 0.0936. The van der Waals surface area contributed by atoms with Crippen LogP contribution < -0.4 is 16.6 Å². The van der Waals surface area contributed by atoms with Crippen molar-refractivity contribution in [2.24, 2.45) is 5.84 Å². The van der Waals surface area contributed by atoms with E-state index in [1.807, 2.05) is 19.1 Å². The van der Waals surface area contributed by atoms with Crippen molar-refractivity contribution in [1.82, 2.24) is 5.32 Å². The molecule has 1 aromatic carbocycles. The van der Waals surface area contributed by atoms with Crippen LogP contribution in [0.25, 0.3) is 0 Å². The highest BCUT2D eigenvalue weighted by molar-refractivity contribution is 5.99. The quantitative estimate of drug-likeness (QED) is 0.569. The Morgan fingerprint density at radius 2 is 2.06 bits per heavy atom. The van der Waals surface area contributed by atoms with E-state index in [0.29, 0.717) is 17.0 Å². The summed E-state index contributed by atoms with van der Waals surface area (Å²) in [5.74, 6) is 5.87. The van der Waals surface area contributed by atoms with Crippen molar-refractivity contribution < 1.29 is 9.21 Å². The van der Waals surface area contributed by atoms with E-state index in [-0.39, 0.29) is 11.9 Å². The second kappa shape index (κ2) is 5.37. The predicted molar refractivity (Wildman–Crippen MR) is 68.8 cm³/mol. The highest BCUT2D eigenvalue weighted by Gasteiger charge is 2.15. The Bertz CT molecular complexity index is 523. The Hall–Kier alpha value is -2.27. The summed E-state index contributed by atoms with van der Waals surface area (Å²) < 4.78 is 5.23. The molecule has 1 unspecified atom stereocenters. The van der Waals surface area contributed by atoms with Crippen molar-refractivity contribution in [2.75, 3.05) is 5.43 Å². The summed E-state index contributed by atoms with van der Waals surface area (Å²) in [4.78, 5) is 12.1. The smallest absolute Gasteiger partial charge is 0.254 e. The maximum Gasteiger partial charge on any atom is 0.254 e. The molecule has 0 bridgehead atoms. The first-order valence-electron chi connectivity index (χ1n) is 5.62. The molecule has 94 valence electrons. The molecule has 1 aromatic heterocycles. The van der Waals surface area contributed by atoms with Gasteiger partial charge in [-0.3, -0.25) is 10.6 Å². The molecular formula is C13H15N3O2. The lowest BCUT2D eigenvalue weighted by atomic mass is 10.1. The Morgan fingerprint density at radius 1 is 1.28 bits per heavy atom. The van der Waals surface area contributed by atoms with Crippen LogP contribution in [0.15, 0.2) is 47.1 Å². The van der Waals surface area contributed by atoms with Gasteiger partial charge in [0.05, 0.1) is 23.6 Å². The number of carbonyl (C=O) groups excluding carboxylic acids is 1. The largest absolute Gasteiger partial charge is 0.467 e. The van der Waals surface area contributed by atoms with Gasteiger partial charge in [0.1, 0.15) is 5.76 Å². The van der Waals surface area contributed by atoms with E-state index in [9.17, 15) is 4.79 Å². The number of nitrogen functional groups attached to an aromatic ring is 1. The topological polar surface area (TPSA) is 80.3 Å². The van der Waals surface area contributed by atoms with Crippen LogP contribution in [0.4, 0.5) is 5.69 Å². The van der Waals surface area contributed by atoms with Gasteiger partial charge in [-0.05, 0) is 31.2 Å². The molecule has 1 amide bonds. The fraction of sp³-hybridized carbons (Fsp3) is 0.154. The van der Waals surface area contributed by atoms with Crippen molar-refractivity contribution in [3.63, 3.8) is 0 Å². The fourth-order valence-electron chi connectivity index (χ4n) is 1.69. The molecule has 0 aliphatic rings. The number of para-hydroxylation sites is 1. The number of hydrazine groups is 1. The molecule has 5 nitrogen and oxygen atoms in total. The molecule has 0 aliphatic carbocycles. The number of carbonyl (C=O) groups is 1. The monoisotopic (exact) mass is 245 g/mol. The first-order valence-corrected chi connectivity index (χ1v) is 5.62. The van der Waals surface area contributed by atoms with Crippen LogP contribution in [0.5, 0.6) is 0 Å². The zero-order valence-electron chi connectivity index (χ0n) is 10.0. The summed E-state index contributed by atoms with van der Waals surface area (Å²) in [6.07, 6.45) is 1.58. The maximum atomic E-state index is 12.1. The van der Waals surface area contributed by atoms with Crippen LogP contribution in [-0.2, 0) is 0 Å². The summed E-state index contributed by atoms with van der Waals surface area (Å²) >= 11 is 0. The Kier molecular flexibility index (Phi) is 3.64. The second-order valence-corrected chi connectivity index (χ2v) is 3.90. The SMILES string of the molecule is CC(NC(=O)c1ccccc1NN)c1ccco1. The molecule has 0 fully saturated rings. The highest BCUT2D eigenvalue weighted by Crippen LogP contribution is 2.17. The standard InChI is InChI=1S/C13H15N3O2/c1-9(12-7-4-8-18-12)15-13(17)10-5-2-3-6-11(10)16-14/h2-9,16H,14H2,1H3,(H,15,17). The van der Waals surface area contributed by atoms with E-state index in [1.165, 1.54) is 0 Å². The first-order chi connectivity index (χ1) is 8.72. The molecule has 0 spiro atoms. The number of hydrogen-bond acceptors (Lipinski definition) is 4. The van der Waals surface area contributed by atoms with Crippen LogP contribution in [0, 0.1) is 0 Å². The lowest BCUT2D eigenvalue weighted by Crippen LogP contribution is -2.27. The number of benzene rings is 1. The zero-order valence-corrected chi connectivity index (χ0v) is 10.0. The van der Waals surface area contributed by atoms with Crippen molar-refractivity contribution in [1.29, 1.82) is 0 Å². The van der Waals surface area contributed by atoms with Crippen LogP contribution in [0.3, 0.4) is 0 Å². The van der Waals surface area contributed by atoms with E-state index in [4.69, 9.17) is 10.3 Å². The number of hydrogen-bond donors (Lipinski definition) is 3. The fourth-order valence-corrected chi connectivity index (χ4v) is 1.69. The van der Waals surface area contributed by atoms with Crippen LogP contribution in [-0.4, -0.2) is 5.91 Å². The minimum Gasteiger partial charge on any atom is -0.467 e. The van der Waals surface area contributed by atoms with Gasteiger partial charge in [0.2, 0.25) is 0 Å². The van der Waals surface area contributed by atoms with Gasteiger partial charge in [0.25, 0.3) is 5.91 Å². The lowest BCUT2D eigenvalue weighted by Gasteiger charge is -2.13. The van der Waals surface area contributed by atoms with E-state index < -0.39 is 0 Å². The van der Waals surface area contributed by atoms with E-state index in [1.54, 1.807) is 30.5 Å². The van der Waals surface area contributed by atoms with E-state index in [0.717, 1.165) is 0 Å². The zero-order chi connectivity index (χ0) is 13.0. The van der Waals surface area contributed by atoms with Crippen LogP contribution >= 0.6 is 0 Å². The van der Waals surface area contributed by atoms with Crippen molar-refractivity contribution in [3.05, 3.63) is 54.0 Å². The molecule has 0 saturated carbocycles. The van der Waals surface area contributed by atoms with Gasteiger partial charge in [-0.2, -0.15) is 0 Å². The summed E-state index contributed by atoms with van der Waals surface area (Å²) in [7, 11) is 0. The third-order valence-electron chi connectivity index (χ3n) is 2.64. The second-order valence-electron chi connectivity index (χ2n) is 3.90.